The minimum Gasteiger partial charge on any atom is -0.429 e. The van der Waals surface area contributed by atoms with Crippen molar-refractivity contribution in [1.82, 2.24) is 0 Å². The van der Waals surface area contributed by atoms with Crippen molar-refractivity contribution in [2.45, 2.75) is 77.8 Å². The Labute approximate surface area is 146 Å². The largest absolute Gasteiger partial charge is 0.509 e. The van der Waals surface area contributed by atoms with Crippen molar-refractivity contribution in [3.05, 3.63) is 12.2 Å². The van der Waals surface area contributed by atoms with Crippen LogP contribution in [0.3, 0.4) is 0 Å². The van der Waals surface area contributed by atoms with Gasteiger partial charge in [-0.25, -0.2) is 4.79 Å². The third kappa shape index (κ3) is 6.40. The monoisotopic (exact) mass is 356 g/mol. The topological polar surface area (TPSA) is 61.8 Å². The quantitative estimate of drug-likeness (QED) is 0.549. The van der Waals surface area contributed by atoms with E-state index >= 15 is 0 Å². The first-order valence-electron chi connectivity index (χ1n) is 8.47. The number of hydrogen-bond acceptors (Lipinski definition) is 5. The van der Waals surface area contributed by atoms with Gasteiger partial charge < -0.3 is 13.9 Å². The highest BCUT2D eigenvalue weighted by atomic mass is 28.4. The smallest absolute Gasteiger partial charge is 0.429 e. The lowest BCUT2D eigenvalue weighted by molar-refractivity contribution is -0.121. The lowest BCUT2D eigenvalue weighted by Gasteiger charge is -2.37. The standard InChI is InChI=1S/C18H32O5Si/c1-17(2,3)23-16(20)22-14-9-10-15(19)13(11-14)12-21-24(7,8)18(4,5)6/h9-10,13-14H,11-12H2,1-8H3/t13-,14-/m1/s1. The lowest BCUT2D eigenvalue weighted by Crippen LogP contribution is -2.43. The van der Waals surface area contributed by atoms with Crippen molar-refractivity contribution >= 4 is 20.3 Å². The Hall–Kier alpha value is -1.14. The van der Waals surface area contributed by atoms with E-state index in [4.69, 9.17) is 13.9 Å². The Bertz CT molecular complexity index is 497. The van der Waals surface area contributed by atoms with E-state index in [1.807, 2.05) is 0 Å². The van der Waals surface area contributed by atoms with Crippen LogP contribution in [0.15, 0.2) is 12.2 Å². The van der Waals surface area contributed by atoms with Gasteiger partial charge in [0.15, 0.2) is 14.1 Å². The van der Waals surface area contributed by atoms with Crippen LogP contribution in [0, 0.1) is 5.92 Å². The van der Waals surface area contributed by atoms with Crippen LogP contribution in [0.5, 0.6) is 0 Å². The summed E-state index contributed by atoms with van der Waals surface area (Å²) in [7, 11) is -1.91. The van der Waals surface area contributed by atoms with E-state index < -0.39 is 26.2 Å². The van der Waals surface area contributed by atoms with Gasteiger partial charge in [-0.05, 0) is 51.1 Å². The van der Waals surface area contributed by atoms with Crippen LogP contribution >= 0.6 is 0 Å². The summed E-state index contributed by atoms with van der Waals surface area (Å²) in [6.45, 7) is 16.5. The highest BCUT2D eigenvalue weighted by Crippen LogP contribution is 2.37. The third-order valence-corrected chi connectivity index (χ3v) is 8.98. The van der Waals surface area contributed by atoms with Gasteiger partial charge in [-0.1, -0.05) is 20.8 Å². The molecule has 0 fully saturated rings. The second-order valence-corrected chi connectivity index (χ2v) is 13.7. The molecule has 0 aromatic heterocycles. The van der Waals surface area contributed by atoms with E-state index in [0.717, 1.165) is 0 Å². The Balaban J connectivity index is 2.61. The zero-order valence-corrected chi connectivity index (χ0v) is 17.3. The minimum absolute atomic E-state index is 0.0257. The Morgan fingerprint density at radius 3 is 2.29 bits per heavy atom. The summed E-state index contributed by atoms with van der Waals surface area (Å²) >= 11 is 0. The van der Waals surface area contributed by atoms with E-state index in [9.17, 15) is 9.59 Å². The number of rotatable bonds is 4. The van der Waals surface area contributed by atoms with E-state index in [1.54, 1.807) is 26.8 Å². The van der Waals surface area contributed by atoms with Crippen molar-refractivity contribution < 1.29 is 23.5 Å². The molecule has 1 aliphatic rings. The Morgan fingerprint density at radius 2 is 1.79 bits per heavy atom. The van der Waals surface area contributed by atoms with Gasteiger partial charge in [0.1, 0.15) is 11.7 Å². The maximum absolute atomic E-state index is 12.1. The fourth-order valence-electron chi connectivity index (χ4n) is 1.97. The minimum atomic E-state index is -1.91. The van der Waals surface area contributed by atoms with Gasteiger partial charge in [0.05, 0.1) is 0 Å². The highest BCUT2D eigenvalue weighted by Gasteiger charge is 2.39. The molecule has 0 saturated heterocycles. The van der Waals surface area contributed by atoms with Crippen molar-refractivity contribution in [3.63, 3.8) is 0 Å². The number of carbonyl (C=O) groups is 2. The number of allylic oxidation sites excluding steroid dienone is 1. The molecule has 0 bridgehead atoms. The first-order chi connectivity index (χ1) is 10.7. The van der Waals surface area contributed by atoms with Crippen LogP contribution in [-0.2, 0) is 18.7 Å². The van der Waals surface area contributed by atoms with Gasteiger partial charge in [-0.15, -0.1) is 0 Å². The SMILES string of the molecule is CC(C)(C)OC(=O)O[C@@H]1C=CC(=O)[C@@H](CO[Si](C)(C)C(C)(C)C)C1. The molecule has 5 nitrogen and oxygen atoms in total. The van der Waals surface area contributed by atoms with Gasteiger partial charge >= 0.3 is 6.16 Å². The molecule has 138 valence electrons. The molecule has 0 radical (unpaired) electrons. The van der Waals surface area contributed by atoms with Gasteiger partial charge in [-0.3, -0.25) is 4.79 Å². The van der Waals surface area contributed by atoms with E-state index in [0.29, 0.717) is 13.0 Å². The maximum Gasteiger partial charge on any atom is 0.509 e. The van der Waals surface area contributed by atoms with Crippen LogP contribution in [0.1, 0.15) is 48.0 Å². The van der Waals surface area contributed by atoms with Gasteiger partial charge in [0, 0.05) is 18.9 Å². The molecule has 0 saturated carbocycles. The second kappa shape index (κ2) is 7.40. The molecule has 1 rings (SSSR count). The molecule has 0 spiro atoms. The zero-order valence-electron chi connectivity index (χ0n) is 16.3. The molecule has 2 atom stereocenters. The van der Waals surface area contributed by atoms with Crippen LogP contribution in [0.4, 0.5) is 4.79 Å². The normalized spacial score (nSPS) is 22.4. The molecule has 6 heteroatoms. The maximum atomic E-state index is 12.1. The summed E-state index contributed by atoms with van der Waals surface area (Å²) in [5.41, 5.74) is -0.601. The Morgan fingerprint density at radius 1 is 1.21 bits per heavy atom. The molecule has 0 N–H and O–H groups in total. The molecule has 0 unspecified atom stereocenters. The molecule has 0 amide bonds. The van der Waals surface area contributed by atoms with Crippen molar-refractivity contribution in [2.75, 3.05) is 6.61 Å². The average Bonchev–Trinajstić information content (AvgIpc) is 2.35. The van der Waals surface area contributed by atoms with Gasteiger partial charge in [-0.2, -0.15) is 0 Å². The summed E-state index contributed by atoms with van der Waals surface area (Å²) in [4.78, 5) is 23.9. The van der Waals surface area contributed by atoms with Crippen molar-refractivity contribution in [1.29, 1.82) is 0 Å². The van der Waals surface area contributed by atoms with Crippen molar-refractivity contribution in [3.8, 4) is 0 Å². The third-order valence-electron chi connectivity index (χ3n) is 4.48. The van der Waals surface area contributed by atoms with Crippen LogP contribution in [-0.4, -0.2) is 38.6 Å². The predicted molar refractivity (Wildman–Crippen MR) is 96.5 cm³/mol. The number of carbonyl (C=O) groups excluding carboxylic acids is 2. The second-order valence-electron chi connectivity index (χ2n) is 8.89. The highest BCUT2D eigenvalue weighted by molar-refractivity contribution is 6.74. The molecule has 0 aromatic rings. The number of hydrogen-bond donors (Lipinski definition) is 0. The molecular weight excluding hydrogens is 324 g/mol. The average molecular weight is 357 g/mol. The van der Waals surface area contributed by atoms with Crippen molar-refractivity contribution in [2.24, 2.45) is 5.92 Å². The summed E-state index contributed by atoms with van der Waals surface area (Å²) in [6, 6.07) is 0. The summed E-state index contributed by atoms with van der Waals surface area (Å²) in [5.74, 6) is -0.255. The van der Waals surface area contributed by atoms with Gasteiger partial charge in [0.2, 0.25) is 0 Å². The number of ether oxygens (including phenoxy) is 2. The first-order valence-corrected chi connectivity index (χ1v) is 11.4. The zero-order chi connectivity index (χ0) is 18.8. The molecule has 0 heterocycles. The molecule has 1 aliphatic carbocycles. The van der Waals surface area contributed by atoms with E-state index in [2.05, 4.69) is 33.9 Å². The van der Waals surface area contributed by atoms with Crippen LogP contribution in [0.2, 0.25) is 18.1 Å². The van der Waals surface area contributed by atoms with E-state index in [-0.39, 0.29) is 16.7 Å². The van der Waals surface area contributed by atoms with E-state index in [1.165, 1.54) is 6.08 Å². The first kappa shape index (κ1) is 20.9. The Kier molecular flexibility index (Phi) is 6.44. The number of ketones is 1. The van der Waals surface area contributed by atoms with Gasteiger partial charge in [0.25, 0.3) is 0 Å². The molecule has 24 heavy (non-hydrogen) atoms. The van der Waals surface area contributed by atoms with Crippen LogP contribution < -0.4 is 0 Å². The summed E-state index contributed by atoms with van der Waals surface area (Å²) in [6.07, 6.45) is 2.37. The molecular formula is C18H32O5Si. The fraction of sp³-hybridized carbons (Fsp3) is 0.778. The summed E-state index contributed by atoms with van der Waals surface area (Å²) < 4.78 is 16.6. The van der Waals surface area contributed by atoms with Crippen LogP contribution in [0.25, 0.3) is 0 Å². The molecule has 0 aliphatic heterocycles. The lowest BCUT2D eigenvalue weighted by atomic mass is 9.92. The fourth-order valence-corrected chi connectivity index (χ4v) is 3.02. The summed E-state index contributed by atoms with van der Waals surface area (Å²) in [5, 5.41) is 0.0902. The molecule has 0 aromatic carbocycles. The predicted octanol–water partition coefficient (Wildman–Crippen LogP) is 4.47.